The number of urea groups is 1. The Morgan fingerprint density at radius 1 is 0.943 bits per heavy atom. The summed E-state index contributed by atoms with van der Waals surface area (Å²) in [5.74, 6) is -0.781. The molecule has 5 rings (SSSR count). The molecule has 0 saturated carbocycles. The minimum Gasteiger partial charge on any atom is -0.361 e. The number of carbonyl (C=O) groups excluding carboxylic acids is 3. The van der Waals surface area contributed by atoms with Gasteiger partial charge in [-0.1, -0.05) is 72.8 Å². The van der Waals surface area contributed by atoms with E-state index in [1.54, 1.807) is 0 Å². The van der Waals surface area contributed by atoms with Crippen LogP contribution >= 0.6 is 0 Å². The van der Waals surface area contributed by atoms with Gasteiger partial charge in [-0.3, -0.25) is 14.5 Å². The van der Waals surface area contributed by atoms with Gasteiger partial charge in [0.2, 0.25) is 5.91 Å². The van der Waals surface area contributed by atoms with E-state index in [2.05, 4.69) is 15.6 Å². The van der Waals surface area contributed by atoms with E-state index in [-0.39, 0.29) is 18.5 Å². The number of amides is 4. The van der Waals surface area contributed by atoms with Crippen molar-refractivity contribution in [1.82, 2.24) is 20.5 Å². The van der Waals surface area contributed by atoms with Crippen molar-refractivity contribution < 1.29 is 14.4 Å². The number of fused-ring (bicyclic) bond motifs is 1. The predicted octanol–water partition coefficient (Wildman–Crippen LogP) is 4.18. The van der Waals surface area contributed by atoms with Crippen molar-refractivity contribution in [2.75, 3.05) is 6.54 Å². The molecular formula is C28H26N4O3. The highest BCUT2D eigenvalue weighted by Gasteiger charge is 2.39. The van der Waals surface area contributed by atoms with Gasteiger partial charge in [0.1, 0.15) is 12.6 Å². The number of aromatic nitrogens is 1. The van der Waals surface area contributed by atoms with Crippen LogP contribution in [0.25, 0.3) is 22.0 Å². The van der Waals surface area contributed by atoms with E-state index in [4.69, 9.17) is 0 Å². The Hall–Kier alpha value is -4.39. The van der Waals surface area contributed by atoms with Gasteiger partial charge in [-0.05, 0) is 35.2 Å². The van der Waals surface area contributed by atoms with Crippen LogP contribution in [0.3, 0.4) is 0 Å². The van der Waals surface area contributed by atoms with Crippen LogP contribution in [0.5, 0.6) is 0 Å². The summed E-state index contributed by atoms with van der Waals surface area (Å²) >= 11 is 0. The molecule has 35 heavy (non-hydrogen) atoms. The van der Waals surface area contributed by atoms with Gasteiger partial charge in [-0.2, -0.15) is 0 Å². The van der Waals surface area contributed by atoms with Crippen LogP contribution in [-0.4, -0.2) is 40.3 Å². The lowest BCUT2D eigenvalue weighted by molar-refractivity contribution is -0.132. The first-order chi connectivity index (χ1) is 17.0. The molecule has 2 heterocycles. The third kappa shape index (κ3) is 4.66. The van der Waals surface area contributed by atoms with Crippen molar-refractivity contribution in [1.29, 1.82) is 0 Å². The molecule has 2 unspecified atom stereocenters. The summed E-state index contributed by atoms with van der Waals surface area (Å²) < 4.78 is 0. The zero-order valence-electron chi connectivity index (χ0n) is 19.3. The first kappa shape index (κ1) is 22.4. The van der Waals surface area contributed by atoms with Gasteiger partial charge in [0, 0.05) is 23.5 Å². The quantitative estimate of drug-likeness (QED) is 0.357. The zero-order valence-corrected chi connectivity index (χ0v) is 19.3. The third-order valence-electron chi connectivity index (χ3n) is 6.40. The lowest BCUT2D eigenvalue weighted by atomic mass is 10.0. The van der Waals surface area contributed by atoms with E-state index in [1.165, 1.54) is 0 Å². The van der Waals surface area contributed by atoms with Gasteiger partial charge in [0.25, 0.3) is 5.91 Å². The van der Waals surface area contributed by atoms with E-state index in [0.29, 0.717) is 6.42 Å². The van der Waals surface area contributed by atoms with Crippen LogP contribution in [0.15, 0.2) is 85.1 Å². The molecule has 1 aliphatic rings. The first-order valence-corrected chi connectivity index (χ1v) is 11.6. The third-order valence-corrected chi connectivity index (χ3v) is 6.40. The van der Waals surface area contributed by atoms with Gasteiger partial charge in [-0.15, -0.1) is 0 Å². The smallest absolute Gasteiger partial charge is 0.325 e. The molecule has 0 radical (unpaired) electrons. The number of carbonyl (C=O) groups is 3. The molecule has 1 fully saturated rings. The second-order valence-corrected chi connectivity index (χ2v) is 8.77. The summed E-state index contributed by atoms with van der Waals surface area (Å²) in [6.07, 6.45) is 2.21. The average Bonchev–Trinajstić information content (AvgIpc) is 3.40. The number of imide groups is 1. The summed E-state index contributed by atoms with van der Waals surface area (Å²) in [6.45, 7) is 1.56. The van der Waals surface area contributed by atoms with E-state index < -0.39 is 18.0 Å². The zero-order chi connectivity index (χ0) is 24.4. The Kier molecular flexibility index (Phi) is 6.06. The summed E-state index contributed by atoms with van der Waals surface area (Å²) in [7, 11) is 0. The molecule has 4 aromatic rings. The summed E-state index contributed by atoms with van der Waals surface area (Å²) in [4.78, 5) is 42.2. The monoisotopic (exact) mass is 466 g/mol. The summed E-state index contributed by atoms with van der Waals surface area (Å²) in [5, 5.41) is 6.61. The van der Waals surface area contributed by atoms with Crippen molar-refractivity contribution in [3.8, 4) is 11.1 Å². The summed E-state index contributed by atoms with van der Waals surface area (Å²) in [6, 6.07) is 24.3. The fourth-order valence-electron chi connectivity index (χ4n) is 4.49. The van der Waals surface area contributed by atoms with Crippen LogP contribution in [0.4, 0.5) is 4.79 Å². The maximum Gasteiger partial charge on any atom is 0.325 e. The lowest BCUT2D eigenvalue weighted by Crippen LogP contribution is -2.42. The van der Waals surface area contributed by atoms with E-state index in [0.717, 1.165) is 38.1 Å². The van der Waals surface area contributed by atoms with Gasteiger partial charge < -0.3 is 15.6 Å². The molecule has 0 aliphatic carbocycles. The van der Waals surface area contributed by atoms with Gasteiger partial charge in [-0.25, -0.2) is 4.79 Å². The number of H-pyrrole nitrogens is 1. The Labute approximate surface area is 203 Å². The van der Waals surface area contributed by atoms with Crippen LogP contribution in [0.1, 0.15) is 24.1 Å². The second kappa shape index (κ2) is 9.46. The molecule has 7 heteroatoms. The molecule has 1 saturated heterocycles. The largest absolute Gasteiger partial charge is 0.361 e. The minimum atomic E-state index is -0.697. The van der Waals surface area contributed by atoms with Gasteiger partial charge in [0.15, 0.2) is 0 Å². The van der Waals surface area contributed by atoms with Crippen LogP contribution < -0.4 is 10.6 Å². The fraction of sp³-hybridized carbons (Fsp3) is 0.179. The highest BCUT2D eigenvalue weighted by atomic mass is 16.2. The van der Waals surface area contributed by atoms with Crippen molar-refractivity contribution in [3.05, 3.63) is 96.2 Å². The molecule has 3 N–H and O–H groups in total. The molecule has 1 aromatic heterocycles. The molecule has 3 aromatic carbocycles. The predicted molar refractivity (Wildman–Crippen MR) is 134 cm³/mol. The number of para-hydroxylation sites is 1. The van der Waals surface area contributed by atoms with Gasteiger partial charge in [0.05, 0.1) is 6.04 Å². The SMILES string of the molecule is CC(NC(=O)CN1C(=O)NC(Cc2c[nH]c3ccccc23)C1=O)c1ccc(-c2ccccc2)cc1. The van der Waals surface area contributed by atoms with Crippen LogP contribution in [0, 0.1) is 0 Å². The van der Waals surface area contributed by atoms with Crippen molar-refractivity contribution >= 4 is 28.7 Å². The van der Waals surface area contributed by atoms with Crippen molar-refractivity contribution in [2.24, 2.45) is 0 Å². The van der Waals surface area contributed by atoms with Crippen LogP contribution in [-0.2, 0) is 16.0 Å². The second-order valence-electron chi connectivity index (χ2n) is 8.77. The Balaban J connectivity index is 1.19. The van der Waals surface area contributed by atoms with Crippen molar-refractivity contribution in [3.63, 3.8) is 0 Å². The molecule has 4 amide bonds. The number of aromatic amines is 1. The Morgan fingerprint density at radius 3 is 2.40 bits per heavy atom. The molecule has 1 aliphatic heterocycles. The standard InChI is InChI=1S/C28H26N4O3/c1-18(19-11-13-21(14-12-19)20-7-3-2-4-8-20)30-26(33)17-32-27(34)25(31-28(32)35)15-22-16-29-24-10-6-5-9-23(22)24/h2-14,16,18,25,29H,15,17H2,1H3,(H,30,33)(H,31,35). The van der Waals surface area contributed by atoms with Crippen LogP contribution in [0.2, 0.25) is 0 Å². The highest BCUT2D eigenvalue weighted by Crippen LogP contribution is 2.23. The number of benzene rings is 3. The fourth-order valence-corrected chi connectivity index (χ4v) is 4.49. The molecule has 0 bridgehead atoms. The minimum absolute atomic E-state index is 0.268. The maximum absolute atomic E-state index is 12.9. The first-order valence-electron chi connectivity index (χ1n) is 11.6. The van der Waals surface area contributed by atoms with E-state index in [1.807, 2.05) is 92.0 Å². The Bertz CT molecular complexity index is 1380. The topological polar surface area (TPSA) is 94.3 Å². The summed E-state index contributed by atoms with van der Waals surface area (Å²) in [5.41, 5.74) is 5.07. The van der Waals surface area contributed by atoms with E-state index in [9.17, 15) is 14.4 Å². The number of hydrogen-bond donors (Lipinski definition) is 3. The molecule has 2 atom stereocenters. The number of hydrogen-bond acceptors (Lipinski definition) is 3. The average molecular weight is 467 g/mol. The lowest BCUT2D eigenvalue weighted by Gasteiger charge is -2.18. The number of nitrogens with one attached hydrogen (secondary N) is 3. The number of rotatable bonds is 7. The van der Waals surface area contributed by atoms with Crippen molar-refractivity contribution in [2.45, 2.75) is 25.4 Å². The Morgan fingerprint density at radius 2 is 1.63 bits per heavy atom. The molecule has 7 nitrogen and oxygen atoms in total. The normalized spacial score (nSPS) is 16.4. The number of nitrogens with zero attached hydrogens (tertiary/aromatic N) is 1. The molecule has 176 valence electrons. The van der Waals surface area contributed by atoms with Gasteiger partial charge >= 0.3 is 6.03 Å². The highest BCUT2D eigenvalue weighted by molar-refractivity contribution is 6.06. The molecular weight excluding hydrogens is 440 g/mol. The van der Waals surface area contributed by atoms with E-state index >= 15 is 0 Å². The maximum atomic E-state index is 12.9. The molecule has 0 spiro atoms.